The fraction of sp³-hybridized carbons (Fsp3) is 0.600. The summed E-state index contributed by atoms with van der Waals surface area (Å²) in [5.74, 6) is -0.219. The highest BCUT2D eigenvalue weighted by Gasteiger charge is 2.32. The fourth-order valence-electron chi connectivity index (χ4n) is 3.90. The largest absolute Gasteiger partial charge is 0.416 e. The van der Waals surface area contributed by atoms with Gasteiger partial charge in [-0.3, -0.25) is 0 Å². The summed E-state index contributed by atoms with van der Waals surface area (Å²) in [5, 5.41) is 3.90. The average Bonchev–Trinajstić information content (AvgIpc) is 3.11. The lowest BCUT2D eigenvalue weighted by Crippen LogP contribution is -2.41. The molecule has 8 heteroatoms. The Morgan fingerprint density at radius 3 is 2.43 bits per heavy atom. The van der Waals surface area contributed by atoms with Crippen LogP contribution in [-0.2, 0) is 12.6 Å². The first-order chi connectivity index (χ1) is 13.3. The van der Waals surface area contributed by atoms with Gasteiger partial charge in [-0.25, -0.2) is 4.39 Å². The van der Waals surface area contributed by atoms with Crippen LogP contribution < -0.4 is 0 Å². The second kappa shape index (κ2) is 8.59. The second-order valence-electron chi connectivity index (χ2n) is 7.36. The number of alkyl halides is 3. The normalized spacial score (nSPS) is 16.8. The zero-order chi connectivity index (χ0) is 20.3. The molecule has 1 aliphatic heterocycles. The zero-order valence-corrected chi connectivity index (χ0v) is 16.1. The van der Waals surface area contributed by atoms with Crippen LogP contribution in [0.3, 0.4) is 0 Å². The maximum absolute atomic E-state index is 14.1. The summed E-state index contributed by atoms with van der Waals surface area (Å²) < 4.78 is 57.2. The molecule has 0 amide bonds. The molecule has 1 saturated heterocycles. The Morgan fingerprint density at radius 2 is 1.86 bits per heavy atom. The maximum atomic E-state index is 14.1. The molecule has 0 N–H and O–H groups in total. The number of piperidine rings is 1. The molecule has 1 aliphatic rings. The summed E-state index contributed by atoms with van der Waals surface area (Å²) >= 11 is 0. The monoisotopic (exact) mass is 399 g/mol. The number of likely N-dealkylation sites (tertiary alicyclic amines) is 1. The molecule has 3 rings (SSSR count). The molecule has 0 atom stereocenters. The van der Waals surface area contributed by atoms with Crippen LogP contribution in [0.25, 0.3) is 11.5 Å². The summed E-state index contributed by atoms with van der Waals surface area (Å²) in [6.45, 7) is 6.49. The van der Waals surface area contributed by atoms with Crippen LogP contribution in [-0.4, -0.2) is 34.2 Å². The number of halogens is 4. The minimum Gasteiger partial charge on any atom is -0.334 e. The molecule has 28 heavy (non-hydrogen) atoms. The van der Waals surface area contributed by atoms with Gasteiger partial charge in [0.05, 0.1) is 11.1 Å². The van der Waals surface area contributed by atoms with Crippen LogP contribution in [0.5, 0.6) is 0 Å². The summed E-state index contributed by atoms with van der Waals surface area (Å²) in [5.41, 5.74) is -1.16. The molecular formula is C20H25F4N3O. The van der Waals surface area contributed by atoms with Gasteiger partial charge in [-0.2, -0.15) is 18.2 Å². The van der Waals surface area contributed by atoms with Crippen LogP contribution in [0.15, 0.2) is 22.7 Å². The minimum absolute atomic E-state index is 0.0873. The van der Waals surface area contributed by atoms with Crippen LogP contribution in [0.1, 0.15) is 50.9 Å². The predicted molar refractivity (Wildman–Crippen MR) is 97.1 cm³/mol. The molecule has 0 saturated carbocycles. The van der Waals surface area contributed by atoms with Crippen molar-refractivity contribution in [1.82, 2.24) is 15.0 Å². The molecular weight excluding hydrogens is 374 g/mol. The van der Waals surface area contributed by atoms with E-state index in [-0.39, 0.29) is 11.5 Å². The van der Waals surface area contributed by atoms with E-state index in [1.54, 1.807) is 0 Å². The predicted octanol–water partition coefficient (Wildman–Crippen LogP) is 5.34. The highest BCUT2D eigenvalue weighted by atomic mass is 19.4. The number of hydrogen-bond donors (Lipinski definition) is 0. The van der Waals surface area contributed by atoms with Crippen molar-refractivity contribution in [3.63, 3.8) is 0 Å². The van der Waals surface area contributed by atoms with Crippen molar-refractivity contribution in [3.05, 3.63) is 35.4 Å². The summed E-state index contributed by atoms with van der Waals surface area (Å²) in [7, 11) is 0. The van der Waals surface area contributed by atoms with Gasteiger partial charge in [0, 0.05) is 12.5 Å². The molecule has 4 nitrogen and oxygen atoms in total. The number of aromatic nitrogens is 2. The van der Waals surface area contributed by atoms with Crippen molar-refractivity contribution in [2.24, 2.45) is 5.92 Å². The van der Waals surface area contributed by atoms with Gasteiger partial charge >= 0.3 is 6.18 Å². The Kier molecular flexibility index (Phi) is 6.37. The van der Waals surface area contributed by atoms with Crippen LogP contribution in [0.4, 0.5) is 17.6 Å². The Hall–Kier alpha value is -1.96. The van der Waals surface area contributed by atoms with E-state index in [0.29, 0.717) is 30.3 Å². The highest BCUT2D eigenvalue weighted by Crippen LogP contribution is 2.32. The van der Waals surface area contributed by atoms with Crippen LogP contribution in [0, 0.1) is 11.7 Å². The molecule has 0 radical (unpaired) electrons. The average molecular weight is 399 g/mol. The lowest BCUT2D eigenvalue weighted by Gasteiger charge is -2.36. The van der Waals surface area contributed by atoms with Crippen LogP contribution in [0.2, 0.25) is 0 Å². The molecule has 2 heterocycles. The van der Waals surface area contributed by atoms with E-state index in [4.69, 9.17) is 4.52 Å². The maximum Gasteiger partial charge on any atom is 0.416 e. The topological polar surface area (TPSA) is 42.2 Å². The molecule has 0 aliphatic carbocycles. The van der Waals surface area contributed by atoms with Crippen molar-refractivity contribution < 1.29 is 22.1 Å². The van der Waals surface area contributed by atoms with Gasteiger partial charge in [-0.05, 0) is 62.9 Å². The molecule has 1 aromatic carbocycles. The smallest absolute Gasteiger partial charge is 0.334 e. The Morgan fingerprint density at radius 1 is 1.18 bits per heavy atom. The number of hydrogen-bond acceptors (Lipinski definition) is 4. The Balaban J connectivity index is 1.62. The molecule has 0 bridgehead atoms. The van der Waals surface area contributed by atoms with Gasteiger partial charge in [0.1, 0.15) is 5.82 Å². The highest BCUT2D eigenvalue weighted by molar-refractivity contribution is 5.54. The van der Waals surface area contributed by atoms with Crippen molar-refractivity contribution in [2.75, 3.05) is 13.1 Å². The molecule has 2 aromatic rings. The fourth-order valence-corrected chi connectivity index (χ4v) is 3.90. The van der Waals surface area contributed by atoms with Gasteiger partial charge in [0.25, 0.3) is 5.89 Å². The molecule has 1 fully saturated rings. The lowest BCUT2D eigenvalue weighted by molar-refractivity contribution is -0.137. The van der Waals surface area contributed by atoms with E-state index >= 15 is 0 Å². The third kappa shape index (κ3) is 4.71. The van der Waals surface area contributed by atoms with Gasteiger partial charge in [0.2, 0.25) is 0 Å². The molecule has 154 valence electrons. The van der Waals surface area contributed by atoms with Crippen molar-refractivity contribution in [1.29, 1.82) is 0 Å². The van der Waals surface area contributed by atoms with E-state index < -0.39 is 17.6 Å². The van der Waals surface area contributed by atoms with Crippen molar-refractivity contribution in [3.8, 4) is 11.5 Å². The summed E-state index contributed by atoms with van der Waals surface area (Å²) in [6, 6.07) is 2.92. The number of benzene rings is 1. The first-order valence-corrected chi connectivity index (χ1v) is 9.75. The van der Waals surface area contributed by atoms with Gasteiger partial charge in [-0.1, -0.05) is 19.0 Å². The van der Waals surface area contributed by atoms with E-state index in [9.17, 15) is 17.6 Å². The van der Waals surface area contributed by atoms with E-state index in [0.717, 1.165) is 50.9 Å². The van der Waals surface area contributed by atoms with Crippen molar-refractivity contribution in [2.45, 2.75) is 58.2 Å². The van der Waals surface area contributed by atoms with Gasteiger partial charge in [0.15, 0.2) is 5.82 Å². The standard InChI is InChI=1S/C20H25F4N3O/c1-3-15(4-2)27-9-7-13(8-10-27)11-18-25-19(28-26-18)16-6-5-14(12-17(16)21)20(22,23)24/h5-6,12-13,15H,3-4,7-11H2,1-2H3. The Bertz CT molecular complexity index is 778. The third-order valence-corrected chi connectivity index (χ3v) is 5.57. The molecule has 0 unspecified atom stereocenters. The lowest BCUT2D eigenvalue weighted by atomic mass is 9.92. The summed E-state index contributed by atoms with van der Waals surface area (Å²) in [6.07, 6.45) is 0.400. The SMILES string of the molecule is CCC(CC)N1CCC(Cc2noc(-c3ccc(C(F)(F)F)cc3F)n2)CC1. The van der Waals surface area contributed by atoms with Crippen LogP contribution >= 0.6 is 0 Å². The third-order valence-electron chi connectivity index (χ3n) is 5.57. The molecule has 1 aromatic heterocycles. The number of rotatable bonds is 6. The second-order valence-corrected chi connectivity index (χ2v) is 7.36. The van der Waals surface area contributed by atoms with E-state index in [1.165, 1.54) is 0 Å². The zero-order valence-electron chi connectivity index (χ0n) is 16.1. The molecule has 0 spiro atoms. The first kappa shape index (κ1) is 20.8. The van der Waals surface area contributed by atoms with Gasteiger partial charge < -0.3 is 9.42 Å². The first-order valence-electron chi connectivity index (χ1n) is 9.75. The van der Waals surface area contributed by atoms with Gasteiger partial charge in [-0.15, -0.1) is 0 Å². The number of nitrogens with zero attached hydrogens (tertiary/aromatic N) is 3. The Labute approximate surface area is 161 Å². The quantitative estimate of drug-likeness (QED) is 0.615. The minimum atomic E-state index is -4.59. The summed E-state index contributed by atoms with van der Waals surface area (Å²) in [4.78, 5) is 6.72. The van der Waals surface area contributed by atoms with Crippen molar-refractivity contribution >= 4 is 0 Å². The van der Waals surface area contributed by atoms with E-state index in [1.807, 2.05) is 0 Å². The van der Waals surface area contributed by atoms with E-state index in [2.05, 4.69) is 28.9 Å².